The zero-order valence-corrected chi connectivity index (χ0v) is 20.1. The highest BCUT2D eigenvalue weighted by molar-refractivity contribution is 5.94. The lowest BCUT2D eigenvalue weighted by Crippen LogP contribution is -2.17. The van der Waals surface area contributed by atoms with Gasteiger partial charge in [0, 0.05) is 6.42 Å². The van der Waals surface area contributed by atoms with Crippen molar-refractivity contribution >= 4 is 17.6 Å². The van der Waals surface area contributed by atoms with Crippen LogP contribution in [0.15, 0.2) is 36.4 Å². The average Bonchev–Trinajstić information content (AvgIpc) is 3.58. The average molecular weight is 492 g/mol. The first-order valence-electron chi connectivity index (χ1n) is 12.0. The molecular formula is C27H32F3NO4. The third-order valence-corrected chi connectivity index (χ3v) is 6.13. The smallest absolute Gasteiger partial charge is 0.389 e. The summed E-state index contributed by atoms with van der Waals surface area (Å²) in [5.41, 5.74) is 3.87. The highest BCUT2D eigenvalue weighted by atomic mass is 19.4. The molecule has 0 heterocycles. The molecule has 2 aromatic carbocycles. The maximum absolute atomic E-state index is 12.9. The molecule has 35 heavy (non-hydrogen) atoms. The maximum atomic E-state index is 12.9. The van der Waals surface area contributed by atoms with Crippen LogP contribution in [0.1, 0.15) is 67.2 Å². The molecule has 2 aromatic rings. The molecule has 0 unspecified atom stereocenters. The number of benzene rings is 2. The Bertz CT molecular complexity index is 1030. The van der Waals surface area contributed by atoms with Crippen molar-refractivity contribution in [2.24, 2.45) is 5.92 Å². The summed E-state index contributed by atoms with van der Waals surface area (Å²) in [5.74, 6) is -1.39. The van der Waals surface area contributed by atoms with Crippen LogP contribution in [0, 0.1) is 12.8 Å². The van der Waals surface area contributed by atoms with Gasteiger partial charge in [-0.25, -0.2) is 0 Å². The van der Waals surface area contributed by atoms with Crippen LogP contribution < -0.4 is 10.1 Å². The van der Waals surface area contributed by atoms with E-state index in [1.165, 1.54) is 0 Å². The summed E-state index contributed by atoms with van der Waals surface area (Å²) in [6, 6.07) is 11.2. The number of carboxylic acid groups (broad SMARTS) is 1. The normalized spacial score (nSPS) is 17.2. The number of aliphatic carboxylic acids is 1. The summed E-state index contributed by atoms with van der Waals surface area (Å²) in [5, 5.41) is 12.3. The number of amides is 1. The first-order chi connectivity index (χ1) is 16.6. The van der Waals surface area contributed by atoms with Gasteiger partial charge in [0.1, 0.15) is 5.75 Å². The van der Waals surface area contributed by atoms with Gasteiger partial charge in [0.2, 0.25) is 5.91 Å². The fourth-order valence-corrected chi connectivity index (χ4v) is 4.11. The molecule has 2 N–H and O–H groups in total. The van der Waals surface area contributed by atoms with E-state index in [4.69, 9.17) is 4.74 Å². The third kappa shape index (κ3) is 8.01. The lowest BCUT2D eigenvalue weighted by molar-refractivity contribution is -0.139. The molecule has 3 rings (SSSR count). The van der Waals surface area contributed by atoms with Crippen LogP contribution >= 0.6 is 0 Å². The molecule has 0 bridgehead atoms. The largest absolute Gasteiger partial charge is 0.491 e. The molecule has 1 amide bonds. The molecule has 1 fully saturated rings. The minimum atomic E-state index is -4.26. The lowest BCUT2D eigenvalue weighted by Gasteiger charge is -2.19. The van der Waals surface area contributed by atoms with E-state index in [0.717, 1.165) is 35.1 Å². The second-order valence-electron chi connectivity index (χ2n) is 9.22. The Morgan fingerprint density at radius 3 is 2.46 bits per heavy atom. The summed E-state index contributed by atoms with van der Waals surface area (Å²) >= 11 is 0. The maximum Gasteiger partial charge on any atom is 0.389 e. The van der Waals surface area contributed by atoms with Gasteiger partial charge in [-0.15, -0.1) is 0 Å². The Labute approximate surface area is 203 Å². The number of alkyl halides is 3. The zero-order chi connectivity index (χ0) is 25.6. The number of nitrogens with one attached hydrogen (secondary N) is 1. The van der Waals surface area contributed by atoms with Crippen LogP contribution in [0.3, 0.4) is 0 Å². The van der Waals surface area contributed by atoms with Gasteiger partial charge in [-0.2, -0.15) is 13.2 Å². The van der Waals surface area contributed by atoms with Crippen molar-refractivity contribution in [2.75, 3.05) is 11.9 Å². The van der Waals surface area contributed by atoms with Gasteiger partial charge in [-0.3, -0.25) is 9.59 Å². The number of carbonyl (C=O) groups excluding carboxylic acids is 1. The predicted molar refractivity (Wildman–Crippen MR) is 128 cm³/mol. The van der Waals surface area contributed by atoms with E-state index in [1.807, 2.05) is 44.2 Å². The number of ether oxygens (including phenoxy) is 1. The van der Waals surface area contributed by atoms with Gasteiger partial charge < -0.3 is 15.2 Å². The number of anilines is 1. The molecule has 0 saturated heterocycles. The predicted octanol–water partition coefficient (Wildman–Crippen LogP) is 6.43. The minimum absolute atomic E-state index is 0.128. The molecule has 190 valence electrons. The molecule has 2 atom stereocenters. The molecule has 8 heteroatoms. The van der Waals surface area contributed by atoms with E-state index in [2.05, 4.69) is 5.32 Å². The highest BCUT2D eigenvalue weighted by Gasteiger charge is 2.44. The van der Waals surface area contributed by atoms with Crippen molar-refractivity contribution in [2.45, 2.75) is 70.9 Å². The van der Waals surface area contributed by atoms with Gasteiger partial charge >= 0.3 is 12.1 Å². The molecule has 0 radical (unpaired) electrons. The summed E-state index contributed by atoms with van der Waals surface area (Å²) in [4.78, 5) is 24.3. The fraction of sp³-hybridized carbons (Fsp3) is 0.481. The molecule has 0 aliphatic heterocycles. The Balaban J connectivity index is 1.87. The zero-order valence-electron chi connectivity index (χ0n) is 20.1. The SMILES string of the molecule is CCCCc1cc([C@H]2C[C@@H]2C(=O)O)cc(NC(=O)Cc2ccc(C)cc2)c1OCCCC(F)(F)F. The lowest BCUT2D eigenvalue weighted by atomic mass is 9.99. The Kier molecular flexibility index (Phi) is 8.81. The first-order valence-corrected chi connectivity index (χ1v) is 12.0. The highest BCUT2D eigenvalue weighted by Crippen LogP contribution is 2.49. The molecular weight excluding hydrogens is 459 g/mol. The van der Waals surface area contributed by atoms with Gasteiger partial charge in [0.25, 0.3) is 0 Å². The van der Waals surface area contributed by atoms with Crippen LogP contribution in [-0.4, -0.2) is 29.8 Å². The molecule has 5 nitrogen and oxygen atoms in total. The van der Waals surface area contributed by atoms with Crippen LogP contribution in [0.25, 0.3) is 0 Å². The van der Waals surface area contributed by atoms with Gasteiger partial charge in [-0.1, -0.05) is 49.2 Å². The molecule has 1 saturated carbocycles. The van der Waals surface area contributed by atoms with Crippen LogP contribution in [0.4, 0.5) is 18.9 Å². The van der Waals surface area contributed by atoms with E-state index < -0.39 is 24.5 Å². The number of halogens is 3. The summed E-state index contributed by atoms with van der Waals surface area (Å²) in [6.45, 7) is 3.84. The van der Waals surface area contributed by atoms with Crippen LogP contribution in [-0.2, 0) is 22.4 Å². The Morgan fingerprint density at radius 1 is 1.14 bits per heavy atom. The number of carbonyl (C=O) groups is 2. The number of rotatable bonds is 12. The molecule has 1 aliphatic rings. The summed E-state index contributed by atoms with van der Waals surface area (Å²) in [6.07, 6.45) is -2.42. The Hall–Kier alpha value is -3.03. The standard InChI is InChI=1S/C27H32F3NO4/c1-3-4-6-19-14-20(21-16-22(21)26(33)34)15-23(25(19)35-12-5-11-27(28,29)30)31-24(32)13-18-9-7-17(2)8-10-18/h7-10,14-15,21-22H,3-6,11-13,16H2,1-2H3,(H,31,32)(H,33,34)/t21-,22+/m1/s1. The second-order valence-corrected chi connectivity index (χ2v) is 9.22. The fourth-order valence-electron chi connectivity index (χ4n) is 4.11. The van der Waals surface area contributed by atoms with Gasteiger partial charge in [-0.05, 0) is 61.3 Å². The van der Waals surface area contributed by atoms with E-state index in [1.54, 1.807) is 6.07 Å². The van der Waals surface area contributed by atoms with Crippen LogP contribution in [0.2, 0.25) is 0 Å². The number of unbranched alkanes of at least 4 members (excludes halogenated alkanes) is 1. The van der Waals surface area contributed by atoms with Crippen molar-refractivity contribution in [3.63, 3.8) is 0 Å². The van der Waals surface area contributed by atoms with Crippen molar-refractivity contribution < 1.29 is 32.6 Å². The van der Waals surface area contributed by atoms with E-state index in [-0.39, 0.29) is 31.3 Å². The minimum Gasteiger partial charge on any atom is -0.491 e. The van der Waals surface area contributed by atoms with Gasteiger partial charge in [0.05, 0.1) is 24.6 Å². The van der Waals surface area contributed by atoms with Crippen molar-refractivity contribution in [1.82, 2.24) is 0 Å². The van der Waals surface area contributed by atoms with Crippen LogP contribution in [0.5, 0.6) is 5.75 Å². The van der Waals surface area contributed by atoms with Crippen molar-refractivity contribution in [3.05, 3.63) is 58.7 Å². The number of carboxylic acids is 1. The summed E-state index contributed by atoms with van der Waals surface area (Å²) in [7, 11) is 0. The van der Waals surface area contributed by atoms with E-state index in [0.29, 0.717) is 24.3 Å². The number of hydrogen-bond acceptors (Lipinski definition) is 3. The Morgan fingerprint density at radius 2 is 1.86 bits per heavy atom. The topological polar surface area (TPSA) is 75.6 Å². The summed E-state index contributed by atoms with van der Waals surface area (Å²) < 4.78 is 43.6. The second kappa shape index (κ2) is 11.6. The van der Waals surface area contributed by atoms with Gasteiger partial charge in [0.15, 0.2) is 0 Å². The van der Waals surface area contributed by atoms with Crippen molar-refractivity contribution in [1.29, 1.82) is 0 Å². The molecule has 0 spiro atoms. The quantitative estimate of drug-likeness (QED) is 0.336. The van der Waals surface area contributed by atoms with Crippen molar-refractivity contribution in [3.8, 4) is 5.75 Å². The number of hydrogen-bond donors (Lipinski definition) is 2. The third-order valence-electron chi connectivity index (χ3n) is 6.13. The van der Waals surface area contributed by atoms with E-state index >= 15 is 0 Å². The molecule has 1 aliphatic carbocycles. The number of aryl methyl sites for hydroxylation is 2. The van der Waals surface area contributed by atoms with E-state index in [9.17, 15) is 27.9 Å². The monoisotopic (exact) mass is 491 g/mol. The first kappa shape index (κ1) is 26.6. The molecule has 0 aromatic heterocycles.